The highest BCUT2D eigenvalue weighted by Gasteiger charge is 2.48. The van der Waals surface area contributed by atoms with Crippen molar-refractivity contribution >= 4 is 68.2 Å². The molecule has 0 aliphatic heterocycles. The summed E-state index contributed by atoms with van der Waals surface area (Å²) in [4.78, 5) is 3.28. The third-order valence-corrected chi connectivity index (χ3v) is 24.5. The van der Waals surface area contributed by atoms with Crippen molar-refractivity contribution in [2.24, 2.45) is 0 Å². The number of hydrogen-bond acceptors (Lipinski definition) is 5. The number of nitrogens with zero attached hydrogens (tertiary/aromatic N) is 2. The Morgan fingerprint density at radius 1 is 0.248 bits per heavy atom. The fourth-order valence-corrected chi connectivity index (χ4v) is 18.6. The maximum Gasteiger partial charge on any atom is 0.148 e. The van der Waals surface area contributed by atoms with Gasteiger partial charge in [0.25, 0.3) is 0 Å². The number of ether oxygens (including phenoxy) is 2. The van der Waals surface area contributed by atoms with E-state index in [2.05, 4.69) is 171 Å². The van der Waals surface area contributed by atoms with E-state index in [-0.39, 0.29) is 33.6 Å². The predicted octanol–water partition coefficient (Wildman–Crippen LogP) is 31.6. The van der Waals surface area contributed by atoms with Crippen molar-refractivity contribution < 1.29 is 40.2 Å². The first-order valence-electron chi connectivity index (χ1n) is 41.2. The minimum atomic E-state index is -0.765. The van der Waals surface area contributed by atoms with E-state index < -0.39 is 45.7 Å². The van der Waals surface area contributed by atoms with Crippen LogP contribution in [-0.2, 0) is 10.8 Å². The smallest absolute Gasteiger partial charge is 0.148 e. The largest absolute Gasteiger partial charge is 0.457 e. The molecule has 5 nitrogen and oxygen atoms in total. The second-order valence-electron chi connectivity index (χ2n) is 31.5. The average molecular weight is 1630 g/mol. The van der Waals surface area contributed by atoms with Crippen LogP contribution in [0.25, 0.3) is 101 Å². The molecule has 0 amide bonds. The van der Waals surface area contributed by atoms with Crippen molar-refractivity contribution in [1.82, 2.24) is 0 Å². The summed E-state index contributed by atoms with van der Waals surface area (Å²) in [5.74, 6) is -1.27. The first-order valence-corrected chi connectivity index (χ1v) is 41.2. The summed E-state index contributed by atoms with van der Waals surface area (Å²) in [5.41, 5.74) is 19.8. The van der Waals surface area contributed by atoms with Gasteiger partial charge in [0, 0.05) is 68.9 Å². The molecule has 0 saturated heterocycles. The number of halogens is 6. The molecule has 18 aromatic carbocycles. The predicted molar refractivity (Wildman–Crippen MR) is 492 cm³/mol. The molecule has 1 heterocycles. The van der Waals surface area contributed by atoms with Gasteiger partial charge in [-0.15, -0.1) is 0 Å². The molecule has 0 bridgehead atoms. The van der Waals surface area contributed by atoms with Gasteiger partial charge in [0.15, 0.2) is 0 Å². The molecule has 0 N–H and O–H groups in total. The van der Waals surface area contributed by atoms with Crippen LogP contribution in [0.2, 0.25) is 0 Å². The minimum Gasteiger partial charge on any atom is -0.457 e. The van der Waals surface area contributed by atoms with Crippen molar-refractivity contribution in [3.05, 3.63) is 504 Å². The van der Waals surface area contributed by atoms with Gasteiger partial charge in [-0.25, -0.2) is 26.3 Å². The van der Waals surface area contributed by atoms with Crippen molar-refractivity contribution in [2.75, 3.05) is 9.80 Å². The molecule has 0 fully saturated rings. The summed E-state index contributed by atoms with van der Waals surface area (Å²) >= 11 is 0. The van der Waals surface area contributed by atoms with Gasteiger partial charge < -0.3 is 23.7 Å². The van der Waals surface area contributed by atoms with Gasteiger partial charge in [0.1, 0.15) is 69.1 Å². The summed E-state index contributed by atoms with van der Waals surface area (Å²) in [6.07, 6.45) is 3.59. The van der Waals surface area contributed by atoms with Crippen LogP contribution in [0.1, 0.15) is 55.6 Å². The van der Waals surface area contributed by atoms with E-state index in [4.69, 9.17) is 13.9 Å². The zero-order valence-electron chi connectivity index (χ0n) is 67.1. The Morgan fingerprint density at radius 3 is 0.944 bits per heavy atom. The van der Waals surface area contributed by atoms with Crippen LogP contribution in [-0.4, -0.2) is 0 Å². The van der Waals surface area contributed by atoms with Crippen molar-refractivity contribution in [3.8, 4) is 89.8 Å². The van der Waals surface area contributed by atoms with E-state index in [0.717, 1.165) is 124 Å². The third kappa shape index (κ3) is 13.3. The number of rotatable bonds is 20. The van der Waals surface area contributed by atoms with E-state index in [1.807, 2.05) is 158 Å². The molecule has 125 heavy (non-hydrogen) atoms. The molecule has 0 saturated carbocycles. The lowest BCUT2D eigenvalue weighted by Crippen LogP contribution is -2.28. The van der Waals surface area contributed by atoms with Crippen LogP contribution in [0.3, 0.4) is 0 Å². The zero-order chi connectivity index (χ0) is 84.6. The molecular formula is C114H72F6N2O3. The Balaban J connectivity index is 0.653. The molecule has 11 heteroatoms. The highest BCUT2D eigenvalue weighted by atomic mass is 19.1. The fraction of sp³-hybridized carbons (Fsp3) is 0.0175. The van der Waals surface area contributed by atoms with Gasteiger partial charge >= 0.3 is 0 Å². The van der Waals surface area contributed by atoms with Crippen LogP contribution < -0.4 is 19.3 Å². The average Bonchev–Trinajstić information content (AvgIpc) is 1.54. The van der Waals surface area contributed by atoms with Crippen molar-refractivity contribution in [2.45, 2.75) is 10.8 Å². The second-order valence-corrected chi connectivity index (χ2v) is 31.5. The van der Waals surface area contributed by atoms with E-state index in [0.29, 0.717) is 67.7 Å². The molecule has 598 valence electrons. The summed E-state index contributed by atoms with van der Waals surface area (Å²) in [6, 6.07) is 125. The first kappa shape index (κ1) is 76.4. The molecule has 2 aliphatic rings. The van der Waals surface area contributed by atoms with Gasteiger partial charge in [-0.05, 0) is 257 Å². The van der Waals surface area contributed by atoms with Gasteiger partial charge in [0.2, 0.25) is 0 Å². The summed E-state index contributed by atoms with van der Waals surface area (Å²) in [5, 5.41) is 1.35. The molecule has 21 rings (SSSR count). The van der Waals surface area contributed by atoms with E-state index >= 15 is 17.6 Å². The lowest BCUT2D eigenvalue weighted by atomic mass is 9.67. The molecule has 0 spiro atoms. The molecule has 1 aromatic heterocycles. The Hall–Kier alpha value is -16.0. The maximum atomic E-state index is 17.6. The van der Waals surface area contributed by atoms with Crippen LogP contribution in [0.5, 0.6) is 23.0 Å². The van der Waals surface area contributed by atoms with Crippen molar-refractivity contribution in [1.29, 1.82) is 0 Å². The van der Waals surface area contributed by atoms with Crippen molar-refractivity contribution in [3.63, 3.8) is 0 Å². The summed E-state index contributed by atoms with van der Waals surface area (Å²) in [7, 11) is 0. The zero-order valence-corrected chi connectivity index (χ0v) is 67.1. The van der Waals surface area contributed by atoms with Gasteiger partial charge in [0.05, 0.1) is 22.2 Å². The topological polar surface area (TPSA) is 38.1 Å². The number of anilines is 6. The maximum absolute atomic E-state index is 17.6. The molecule has 2 aliphatic carbocycles. The number of furan rings is 1. The number of benzene rings is 18. The number of fused-ring (bicyclic) bond motifs is 9. The van der Waals surface area contributed by atoms with E-state index in [9.17, 15) is 8.78 Å². The normalized spacial score (nSPS) is 14.1. The Morgan fingerprint density at radius 2 is 0.568 bits per heavy atom. The van der Waals surface area contributed by atoms with Gasteiger partial charge in [-0.3, -0.25) is 0 Å². The molecule has 0 radical (unpaired) electrons. The molecular weight excluding hydrogens is 1560 g/mol. The highest BCUT2D eigenvalue weighted by molar-refractivity contribution is 6.08. The third-order valence-electron chi connectivity index (χ3n) is 24.5. The number of hydrogen-bond donors (Lipinski definition) is 0. The fourth-order valence-electron chi connectivity index (χ4n) is 18.6. The SMILES string of the molecule is C=Cc1ccc(Oc2ccc(C3(c4ccccc4)c4ccccc4-c4ccc(-c5ccc(N(c6ccc7c(c6)oc6cc(N(c8ccc(-c9ccc%10c(c9)C(c9ccccc9)(c9ccc(Oc%11ccc(C=C)cc%11)cc9)c9ccccc9-%10)cc8)c8cc(F)c(-c9ccc(F)cc9)cc8F)ccc67)c6cc(F)c(-c7ccc(F)cc7)cc6F)cc5)cc43)cc2)cc1. The quantitative estimate of drug-likeness (QED) is 0.0711. The van der Waals surface area contributed by atoms with Crippen LogP contribution in [0, 0.1) is 34.9 Å². The minimum absolute atomic E-state index is 0.0556. The van der Waals surface area contributed by atoms with Crippen LogP contribution in [0.15, 0.2) is 418 Å². The lowest BCUT2D eigenvalue weighted by Gasteiger charge is -2.34. The molecule has 2 unspecified atom stereocenters. The van der Waals surface area contributed by atoms with Gasteiger partial charge in [-0.2, -0.15) is 0 Å². The standard InChI is InChI=1S/C114H72F6N2O3/c1-3-71-23-51-89(52-24-71)123-91-55-37-81(38-56-91)113(79-15-7-5-8-16-79)101-21-13-11-19-93(101)95-59-35-77(63-103(95)113)73-31-45-85(46-32-73)121(109-69-105(117)99(67-107(109)119)75-27-41-83(115)42-28-75)87-49-61-97-98-62-50-88(66-112(98)125-111(97)65-87)122(110-70-106(118)100(68-108(110)120)76-29-43-84(116)44-30-76)86-47-33-74(34-48-86)78-36-60-96-94-20-12-14-22-102(94)114(104(96)64-78,80-17-9-6-10-18-80)82-39-57-92(58-40-82)124-90-53-25-72(4-2)26-54-90/h3-70H,1-2H2. The summed E-state index contributed by atoms with van der Waals surface area (Å²) < 4.78 is 118. The molecule has 19 aromatic rings. The molecule has 2 atom stereocenters. The van der Waals surface area contributed by atoms with E-state index in [1.165, 1.54) is 48.5 Å². The second kappa shape index (κ2) is 31.2. The highest BCUT2D eigenvalue weighted by Crippen LogP contribution is 2.60. The van der Waals surface area contributed by atoms with Gasteiger partial charge in [-0.1, -0.05) is 256 Å². The summed E-state index contributed by atoms with van der Waals surface area (Å²) in [6.45, 7) is 7.79. The van der Waals surface area contributed by atoms with Crippen LogP contribution in [0.4, 0.5) is 60.5 Å². The van der Waals surface area contributed by atoms with Crippen LogP contribution >= 0.6 is 0 Å². The monoisotopic (exact) mass is 1630 g/mol. The van der Waals surface area contributed by atoms with E-state index in [1.54, 1.807) is 34.1 Å². The lowest BCUT2D eigenvalue weighted by molar-refractivity contribution is 0.482. The Kier molecular flexibility index (Phi) is 19.1. The Bertz CT molecular complexity index is 6970. The Labute approximate surface area is 718 Å². The first-order chi connectivity index (χ1) is 61.2.